The van der Waals surface area contributed by atoms with Crippen LogP contribution in [0, 0.1) is 29.1 Å². The minimum absolute atomic E-state index is 0.127. The molecule has 0 spiro atoms. The molecule has 3 rings (SSSR count). The van der Waals surface area contributed by atoms with Gasteiger partial charge < -0.3 is 15.3 Å². The molecule has 0 saturated heterocycles. The summed E-state index contributed by atoms with van der Waals surface area (Å²) in [6, 6.07) is 0. The quantitative estimate of drug-likeness (QED) is 0.247. The van der Waals surface area contributed by atoms with Gasteiger partial charge in [0.25, 0.3) is 0 Å². The Balaban J connectivity index is 1.78. The van der Waals surface area contributed by atoms with Crippen molar-refractivity contribution in [3.05, 3.63) is 47.1 Å². The first-order valence-corrected chi connectivity index (χ1v) is 12.0. The summed E-state index contributed by atoms with van der Waals surface area (Å²) in [4.78, 5) is 0. The monoisotopic (exact) mass is 518 g/mol. The van der Waals surface area contributed by atoms with E-state index in [1.807, 2.05) is 24.1 Å². The average Bonchev–Trinajstić information content (AvgIpc) is 3.11. The number of alkyl halides is 6. The Bertz CT molecular complexity index is 1010. The summed E-state index contributed by atoms with van der Waals surface area (Å²) in [7, 11) is 0. The van der Waals surface area contributed by atoms with Crippen LogP contribution < -0.4 is 0 Å². The van der Waals surface area contributed by atoms with Gasteiger partial charge in [0.1, 0.15) is 0 Å². The second-order valence-electron chi connectivity index (χ2n) is 10.4. The van der Waals surface area contributed by atoms with E-state index in [1.165, 1.54) is 5.57 Å². The smallest absolute Gasteiger partial charge is 0.393 e. The van der Waals surface area contributed by atoms with Crippen LogP contribution in [0.25, 0.3) is 0 Å². The van der Waals surface area contributed by atoms with Crippen molar-refractivity contribution in [3.8, 4) is 11.8 Å². The number of fused-ring (bicyclic) bond motifs is 1. The summed E-state index contributed by atoms with van der Waals surface area (Å²) in [6.07, 6.45) is -3.80. The molecule has 2 saturated carbocycles. The molecule has 5 unspecified atom stereocenters. The fourth-order valence-electron chi connectivity index (χ4n) is 5.83. The molecule has 0 amide bonds. The molecule has 3 N–H and O–H groups in total. The zero-order chi connectivity index (χ0) is 27.1. The van der Waals surface area contributed by atoms with Gasteiger partial charge in [-0.3, -0.25) is 0 Å². The molecule has 36 heavy (non-hydrogen) atoms. The maximum atomic E-state index is 12.9. The number of allylic oxidation sites excluding steroid dienone is 5. The number of hydrogen-bond donors (Lipinski definition) is 3. The van der Waals surface area contributed by atoms with Crippen LogP contribution in [0.3, 0.4) is 0 Å². The van der Waals surface area contributed by atoms with Gasteiger partial charge in [-0.25, -0.2) is 0 Å². The lowest BCUT2D eigenvalue weighted by Gasteiger charge is -2.42. The zero-order valence-electron chi connectivity index (χ0n) is 20.3. The van der Waals surface area contributed by atoms with Gasteiger partial charge in [-0.1, -0.05) is 55.7 Å². The van der Waals surface area contributed by atoms with Crippen molar-refractivity contribution >= 4 is 0 Å². The van der Waals surface area contributed by atoms with Gasteiger partial charge in [-0.2, -0.15) is 26.3 Å². The van der Waals surface area contributed by atoms with Crippen LogP contribution in [0.15, 0.2) is 47.1 Å². The summed E-state index contributed by atoms with van der Waals surface area (Å²) < 4.78 is 77.4. The van der Waals surface area contributed by atoms with Crippen LogP contribution in [-0.4, -0.2) is 45.5 Å². The van der Waals surface area contributed by atoms with Gasteiger partial charge in [-0.05, 0) is 66.4 Å². The van der Waals surface area contributed by atoms with Gasteiger partial charge in [0.15, 0.2) is 0 Å². The van der Waals surface area contributed by atoms with Crippen molar-refractivity contribution in [2.24, 2.45) is 17.3 Å². The van der Waals surface area contributed by atoms with Crippen LogP contribution >= 0.6 is 0 Å². The molecule has 200 valence electrons. The van der Waals surface area contributed by atoms with Crippen LogP contribution in [0.1, 0.15) is 58.8 Å². The van der Waals surface area contributed by atoms with Crippen molar-refractivity contribution in [1.82, 2.24) is 0 Å². The first-order valence-electron chi connectivity index (χ1n) is 12.0. The molecule has 2 fully saturated rings. The molecule has 3 aliphatic carbocycles. The molecular weight excluding hydrogens is 486 g/mol. The van der Waals surface area contributed by atoms with E-state index in [0.717, 1.165) is 36.3 Å². The Kier molecular flexibility index (Phi) is 7.96. The van der Waals surface area contributed by atoms with Crippen LogP contribution in [0.2, 0.25) is 0 Å². The SMILES string of the molecule is C=C1/C(=C\C=C2/CCCC3(C)C(C(C)CC#CC(O)(C(F)(F)F)C(F)(F)F)=CCC23)CC(O)CC1O. The van der Waals surface area contributed by atoms with E-state index in [4.69, 9.17) is 0 Å². The lowest BCUT2D eigenvalue weighted by Crippen LogP contribution is -2.55. The summed E-state index contributed by atoms with van der Waals surface area (Å²) in [6.45, 7) is 7.72. The first kappa shape index (κ1) is 28.5. The van der Waals surface area contributed by atoms with Crippen LogP contribution in [-0.2, 0) is 0 Å². The lowest BCUT2D eigenvalue weighted by molar-refractivity contribution is -0.343. The molecule has 0 bridgehead atoms. The fourth-order valence-corrected chi connectivity index (χ4v) is 5.83. The molecule has 0 radical (unpaired) electrons. The summed E-state index contributed by atoms with van der Waals surface area (Å²) in [5.74, 6) is 2.75. The Labute approximate surface area is 207 Å². The highest BCUT2D eigenvalue weighted by Gasteiger charge is 2.70. The number of aliphatic hydroxyl groups excluding tert-OH is 2. The Hall–Kier alpha value is -2.02. The molecule has 0 aromatic rings. The van der Waals surface area contributed by atoms with Crippen molar-refractivity contribution < 1.29 is 41.7 Å². The molecule has 9 heteroatoms. The van der Waals surface area contributed by atoms with E-state index < -0.39 is 30.2 Å². The summed E-state index contributed by atoms with van der Waals surface area (Å²) in [5.41, 5.74) is -1.86. The Morgan fingerprint density at radius 3 is 2.42 bits per heavy atom. The zero-order valence-corrected chi connectivity index (χ0v) is 20.3. The fraction of sp³-hybridized carbons (Fsp3) is 0.630. The highest BCUT2D eigenvalue weighted by Crippen LogP contribution is 2.57. The van der Waals surface area contributed by atoms with E-state index in [2.05, 4.69) is 13.5 Å². The average molecular weight is 519 g/mol. The summed E-state index contributed by atoms with van der Waals surface area (Å²) >= 11 is 0. The third kappa shape index (κ3) is 5.32. The van der Waals surface area contributed by atoms with E-state index in [9.17, 15) is 41.7 Å². The molecule has 0 heterocycles. The maximum absolute atomic E-state index is 12.9. The van der Waals surface area contributed by atoms with Crippen molar-refractivity contribution in [1.29, 1.82) is 0 Å². The predicted octanol–water partition coefficient (Wildman–Crippen LogP) is 5.93. The number of rotatable bonds is 3. The topological polar surface area (TPSA) is 60.7 Å². The molecule has 5 atom stereocenters. The minimum Gasteiger partial charge on any atom is -0.393 e. The molecule has 0 aliphatic heterocycles. The normalized spacial score (nSPS) is 32.7. The predicted molar refractivity (Wildman–Crippen MR) is 123 cm³/mol. The Morgan fingerprint density at radius 1 is 1.17 bits per heavy atom. The number of halogens is 6. The third-order valence-corrected chi connectivity index (χ3v) is 7.90. The number of hydrogen-bond acceptors (Lipinski definition) is 3. The molecule has 0 aromatic carbocycles. The second-order valence-corrected chi connectivity index (χ2v) is 10.4. The Morgan fingerprint density at radius 2 is 1.81 bits per heavy atom. The van der Waals surface area contributed by atoms with Crippen molar-refractivity contribution in [2.75, 3.05) is 0 Å². The lowest BCUT2D eigenvalue weighted by atomic mass is 9.62. The van der Waals surface area contributed by atoms with Gasteiger partial charge in [0.05, 0.1) is 12.2 Å². The van der Waals surface area contributed by atoms with E-state index in [0.29, 0.717) is 18.4 Å². The van der Waals surface area contributed by atoms with E-state index >= 15 is 0 Å². The highest BCUT2D eigenvalue weighted by molar-refractivity contribution is 5.40. The van der Waals surface area contributed by atoms with Crippen molar-refractivity contribution in [3.63, 3.8) is 0 Å². The van der Waals surface area contributed by atoms with Gasteiger partial charge in [0, 0.05) is 12.8 Å². The molecular formula is C27H32F6O3. The second kappa shape index (κ2) is 10.0. The molecule has 0 aromatic heterocycles. The van der Waals surface area contributed by atoms with Gasteiger partial charge in [-0.15, -0.1) is 0 Å². The summed E-state index contributed by atoms with van der Waals surface area (Å²) in [5, 5.41) is 29.3. The molecule has 3 aliphatic rings. The van der Waals surface area contributed by atoms with E-state index in [-0.39, 0.29) is 30.1 Å². The van der Waals surface area contributed by atoms with Gasteiger partial charge in [0.2, 0.25) is 0 Å². The maximum Gasteiger partial charge on any atom is 0.438 e. The number of aliphatic hydroxyl groups is 3. The third-order valence-electron chi connectivity index (χ3n) is 7.90. The minimum atomic E-state index is -5.96. The standard InChI is InChI=1S/C27H32F6O3/c1-16(6-4-13-25(36,26(28,29)30)27(31,32)33)21-10-11-22-18(7-5-12-24(21,22)3)8-9-19-14-20(34)15-23(35)17(19)2/h8-10,16,20,22-23,34-36H,2,5-7,11-12,14-15H2,1,3H3/b18-8+,19-9-. The van der Waals surface area contributed by atoms with E-state index in [1.54, 1.807) is 6.92 Å². The largest absolute Gasteiger partial charge is 0.438 e. The first-order chi connectivity index (χ1) is 16.5. The highest BCUT2D eigenvalue weighted by atomic mass is 19.4. The van der Waals surface area contributed by atoms with Crippen molar-refractivity contribution in [2.45, 2.75) is 89.0 Å². The molecule has 3 nitrogen and oxygen atoms in total. The van der Waals surface area contributed by atoms with Crippen LogP contribution in [0.5, 0.6) is 0 Å². The van der Waals surface area contributed by atoms with Gasteiger partial charge >= 0.3 is 18.0 Å². The van der Waals surface area contributed by atoms with Crippen LogP contribution in [0.4, 0.5) is 26.3 Å².